The predicted molar refractivity (Wildman–Crippen MR) is 88.4 cm³/mol. The van der Waals surface area contributed by atoms with Crippen molar-refractivity contribution in [1.82, 2.24) is 0 Å². The topological polar surface area (TPSA) is 20.3 Å². The lowest BCUT2D eigenvalue weighted by molar-refractivity contribution is -0.137. The lowest BCUT2D eigenvalue weighted by atomic mass is 10.1. The molecule has 23 heavy (non-hydrogen) atoms. The third-order valence-corrected chi connectivity index (χ3v) is 5.04. The fourth-order valence-corrected chi connectivity index (χ4v) is 3.50. The van der Waals surface area contributed by atoms with Gasteiger partial charge in [0.05, 0.1) is 12.1 Å². The van der Waals surface area contributed by atoms with Crippen LogP contribution in [0.3, 0.4) is 0 Å². The highest BCUT2D eigenvalue weighted by Crippen LogP contribution is 2.42. The summed E-state index contributed by atoms with van der Waals surface area (Å²) in [5.41, 5.74) is 1.55. The van der Waals surface area contributed by atoms with Gasteiger partial charge in [0.15, 0.2) is 0 Å². The minimum atomic E-state index is -4.36. The number of amides is 1. The van der Waals surface area contributed by atoms with Crippen molar-refractivity contribution in [3.05, 3.63) is 63.6 Å². The number of anilines is 1. The van der Waals surface area contributed by atoms with Crippen molar-refractivity contribution in [2.75, 3.05) is 4.90 Å². The van der Waals surface area contributed by atoms with Gasteiger partial charge in [0.25, 0.3) is 0 Å². The van der Waals surface area contributed by atoms with Crippen LogP contribution in [0.4, 0.5) is 18.9 Å². The van der Waals surface area contributed by atoms with Crippen molar-refractivity contribution in [2.24, 2.45) is 0 Å². The van der Waals surface area contributed by atoms with E-state index < -0.39 is 16.6 Å². The number of alkyl halides is 4. The molecule has 0 aliphatic carbocycles. The molecule has 0 saturated carbocycles. The normalized spacial score (nSPS) is 17.5. The molecular weight excluding hydrogens is 439 g/mol. The van der Waals surface area contributed by atoms with Crippen molar-refractivity contribution in [2.45, 2.75) is 17.5 Å². The van der Waals surface area contributed by atoms with Gasteiger partial charge in [-0.15, -0.1) is 0 Å². The van der Waals surface area contributed by atoms with Crippen LogP contribution in [-0.4, -0.2) is 5.91 Å². The highest BCUT2D eigenvalue weighted by Gasteiger charge is 2.36. The van der Waals surface area contributed by atoms with E-state index in [1.807, 2.05) is 18.2 Å². The Morgan fingerprint density at radius 1 is 1.09 bits per heavy atom. The van der Waals surface area contributed by atoms with Gasteiger partial charge in [-0.2, -0.15) is 13.2 Å². The van der Waals surface area contributed by atoms with Gasteiger partial charge in [0.1, 0.15) is 4.83 Å². The third kappa shape index (κ3) is 3.17. The molecule has 0 spiro atoms. The van der Waals surface area contributed by atoms with Gasteiger partial charge >= 0.3 is 6.18 Å². The molecule has 2 aromatic rings. The smallest absolute Gasteiger partial charge is 0.306 e. The van der Waals surface area contributed by atoms with Gasteiger partial charge in [0.2, 0.25) is 5.91 Å². The van der Waals surface area contributed by atoms with Crippen LogP contribution in [0, 0.1) is 0 Å². The Bertz CT molecular complexity index is 759. The number of fused-ring (bicyclic) bond motifs is 1. The number of rotatable bonds is 2. The van der Waals surface area contributed by atoms with Crippen molar-refractivity contribution in [3.63, 3.8) is 0 Å². The molecule has 3 rings (SSSR count). The highest BCUT2D eigenvalue weighted by molar-refractivity contribution is 9.10. The zero-order valence-corrected chi connectivity index (χ0v) is 14.7. The van der Waals surface area contributed by atoms with E-state index in [0.29, 0.717) is 5.56 Å². The molecule has 0 bridgehead atoms. The lowest BCUT2D eigenvalue weighted by Crippen LogP contribution is -2.26. The fourth-order valence-electron chi connectivity index (χ4n) is 2.51. The van der Waals surface area contributed by atoms with Gasteiger partial charge in [-0.05, 0) is 35.9 Å². The average Bonchev–Trinajstić information content (AvgIpc) is 2.72. The number of carbonyl (C=O) groups is 1. The van der Waals surface area contributed by atoms with Crippen LogP contribution in [-0.2, 0) is 17.5 Å². The molecular formula is C16H10Br2F3NO. The molecule has 0 N–H and O–H groups in total. The molecule has 1 unspecified atom stereocenters. The van der Waals surface area contributed by atoms with Crippen LogP contribution < -0.4 is 4.90 Å². The van der Waals surface area contributed by atoms with E-state index in [1.54, 1.807) is 4.90 Å². The van der Waals surface area contributed by atoms with Crippen LogP contribution in [0.1, 0.15) is 21.5 Å². The van der Waals surface area contributed by atoms with Crippen LogP contribution in [0.25, 0.3) is 0 Å². The molecule has 1 amide bonds. The molecule has 1 atom stereocenters. The number of hydrogen-bond donors (Lipinski definition) is 0. The summed E-state index contributed by atoms with van der Waals surface area (Å²) < 4.78 is 38.7. The minimum absolute atomic E-state index is 0.127. The molecule has 2 aromatic carbocycles. The van der Waals surface area contributed by atoms with E-state index in [1.165, 1.54) is 12.1 Å². The summed E-state index contributed by atoms with van der Waals surface area (Å²) in [6.45, 7) is 0.230. The lowest BCUT2D eigenvalue weighted by Gasteiger charge is -2.18. The van der Waals surface area contributed by atoms with Crippen LogP contribution in [0.5, 0.6) is 0 Å². The maximum atomic E-state index is 12.6. The van der Waals surface area contributed by atoms with Gasteiger partial charge in [-0.3, -0.25) is 4.79 Å². The maximum Gasteiger partial charge on any atom is 0.416 e. The first-order valence-electron chi connectivity index (χ1n) is 6.68. The Kier molecular flexibility index (Phi) is 4.27. The van der Waals surface area contributed by atoms with E-state index in [9.17, 15) is 18.0 Å². The Hall–Kier alpha value is -1.34. The second-order valence-corrected chi connectivity index (χ2v) is 7.02. The van der Waals surface area contributed by atoms with Crippen molar-refractivity contribution in [1.29, 1.82) is 0 Å². The monoisotopic (exact) mass is 447 g/mol. The first-order valence-corrected chi connectivity index (χ1v) is 8.39. The summed E-state index contributed by atoms with van der Waals surface area (Å²) in [6.07, 6.45) is -4.36. The van der Waals surface area contributed by atoms with Gasteiger partial charge in [-0.1, -0.05) is 44.0 Å². The van der Waals surface area contributed by atoms with Gasteiger partial charge in [-0.25, -0.2) is 0 Å². The molecule has 0 radical (unpaired) electrons. The molecule has 2 nitrogen and oxygen atoms in total. The number of nitrogens with zero attached hydrogens (tertiary/aromatic N) is 1. The highest BCUT2D eigenvalue weighted by atomic mass is 79.9. The van der Waals surface area contributed by atoms with Crippen LogP contribution in [0.2, 0.25) is 0 Å². The quantitative estimate of drug-likeness (QED) is 0.559. The maximum absolute atomic E-state index is 12.6. The zero-order valence-electron chi connectivity index (χ0n) is 11.6. The van der Waals surface area contributed by atoms with Crippen LogP contribution in [0.15, 0.2) is 46.9 Å². The molecule has 1 aliphatic heterocycles. The number of hydrogen-bond acceptors (Lipinski definition) is 1. The summed E-state index contributed by atoms with van der Waals surface area (Å²) in [7, 11) is 0. The molecule has 7 heteroatoms. The summed E-state index contributed by atoms with van der Waals surface area (Å²) in [5, 5.41) is 0. The molecule has 1 aliphatic rings. The molecule has 120 valence electrons. The fraction of sp³-hybridized carbons (Fsp3) is 0.188. The second kappa shape index (κ2) is 5.94. The summed E-state index contributed by atoms with van der Waals surface area (Å²) >= 11 is 6.74. The molecule has 0 aromatic heterocycles. The first-order chi connectivity index (χ1) is 10.8. The number of halogens is 5. The van der Waals surface area contributed by atoms with E-state index in [-0.39, 0.29) is 12.5 Å². The SMILES string of the molecule is O=C1C(Br)c2cc(Br)ccc2N1Cc1ccc(C(F)(F)F)cc1. The van der Waals surface area contributed by atoms with E-state index in [0.717, 1.165) is 27.9 Å². The van der Waals surface area contributed by atoms with Crippen molar-refractivity contribution < 1.29 is 18.0 Å². The molecule has 1 heterocycles. The van der Waals surface area contributed by atoms with Gasteiger partial charge < -0.3 is 4.90 Å². The van der Waals surface area contributed by atoms with Crippen molar-refractivity contribution >= 4 is 43.5 Å². The molecule has 0 fully saturated rings. The first kappa shape index (κ1) is 16.5. The summed E-state index contributed by atoms with van der Waals surface area (Å²) in [6, 6.07) is 10.4. The molecule has 0 saturated heterocycles. The van der Waals surface area contributed by atoms with Gasteiger partial charge in [0, 0.05) is 15.7 Å². The summed E-state index contributed by atoms with van der Waals surface area (Å²) in [4.78, 5) is 13.5. The number of benzene rings is 2. The second-order valence-electron chi connectivity index (χ2n) is 5.18. The standard InChI is InChI=1S/C16H10Br2F3NO/c17-11-5-6-13-12(7-11)14(18)15(23)22(13)8-9-1-3-10(4-2-9)16(19,20)21/h1-7,14H,8H2. The predicted octanol–water partition coefficient (Wildman–Crippen LogP) is 5.45. The Labute approximate surface area is 147 Å². The third-order valence-electron chi connectivity index (χ3n) is 3.66. The Morgan fingerprint density at radius 3 is 2.35 bits per heavy atom. The minimum Gasteiger partial charge on any atom is -0.306 e. The Morgan fingerprint density at radius 2 is 1.74 bits per heavy atom. The van der Waals surface area contributed by atoms with Crippen molar-refractivity contribution in [3.8, 4) is 0 Å². The summed E-state index contributed by atoms with van der Waals surface area (Å²) in [5.74, 6) is -0.127. The number of carbonyl (C=O) groups excluding carboxylic acids is 1. The van der Waals surface area contributed by atoms with E-state index in [2.05, 4.69) is 31.9 Å². The van der Waals surface area contributed by atoms with E-state index in [4.69, 9.17) is 0 Å². The average molecular weight is 449 g/mol. The zero-order chi connectivity index (χ0) is 16.8. The Balaban J connectivity index is 1.88. The van der Waals surface area contributed by atoms with E-state index >= 15 is 0 Å². The largest absolute Gasteiger partial charge is 0.416 e. The van der Waals surface area contributed by atoms with Crippen LogP contribution >= 0.6 is 31.9 Å².